The number of likely N-dealkylation sites (tertiary alicyclic amines) is 1. The van der Waals surface area contributed by atoms with Crippen LogP contribution in [0.5, 0.6) is 0 Å². The molecule has 214 valence electrons. The summed E-state index contributed by atoms with van der Waals surface area (Å²) in [6, 6.07) is 21.4. The Morgan fingerprint density at radius 3 is 2.42 bits per heavy atom. The van der Waals surface area contributed by atoms with Gasteiger partial charge in [-0.25, -0.2) is 0 Å². The van der Waals surface area contributed by atoms with Gasteiger partial charge in [0.2, 0.25) is 5.91 Å². The minimum absolute atomic E-state index is 0.117. The molecular weight excluding hydrogens is 520 g/mol. The van der Waals surface area contributed by atoms with E-state index in [0.29, 0.717) is 36.1 Å². The molecule has 0 saturated carbocycles. The first-order valence-electron chi connectivity index (χ1n) is 14.7. The Kier molecular flexibility index (Phi) is 11.4. The molecule has 0 aliphatic carbocycles. The molecule has 40 heavy (non-hydrogen) atoms. The van der Waals surface area contributed by atoms with E-state index in [1.54, 1.807) is 0 Å². The molecule has 1 heterocycles. The molecule has 1 saturated heterocycles. The maximum atomic E-state index is 13.6. The number of rotatable bonds is 13. The zero-order valence-electron chi connectivity index (χ0n) is 23.9. The van der Waals surface area contributed by atoms with Crippen LogP contribution in [0.4, 0.5) is 0 Å². The van der Waals surface area contributed by atoms with Crippen LogP contribution in [0, 0.1) is 0 Å². The van der Waals surface area contributed by atoms with Crippen molar-refractivity contribution in [2.75, 3.05) is 46.3 Å². The molecule has 2 amide bonds. The number of nitrogens with zero attached hydrogens (tertiary/aromatic N) is 2. The van der Waals surface area contributed by atoms with Crippen LogP contribution in [-0.2, 0) is 4.79 Å². The van der Waals surface area contributed by atoms with Gasteiger partial charge in [-0.05, 0) is 79.4 Å². The van der Waals surface area contributed by atoms with Gasteiger partial charge in [0.05, 0.1) is 6.04 Å². The van der Waals surface area contributed by atoms with Crippen molar-refractivity contribution in [2.24, 2.45) is 0 Å². The molecule has 1 fully saturated rings. The summed E-state index contributed by atoms with van der Waals surface area (Å²) in [4.78, 5) is 30.8. The third-order valence-corrected chi connectivity index (χ3v) is 8.22. The van der Waals surface area contributed by atoms with E-state index in [9.17, 15) is 9.59 Å². The van der Waals surface area contributed by atoms with Crippen LogP contribution in [0.2, 0.25) is 5.02 Å². The van der Waals surface area contributed by atoms with E-state index >= 15 is 0 Å². The molecule has 7 heteroatoms. The molecule has 0 radical (unpaired) electrons. The summed E-state index contributed by atoms with van der Waals surface area (Å²) in [7, 11) is 1.91. The first kappa shape index (κ1) is 30.0. The predicted molar refractivity (Wildman–Crippen MR) is 165 cm³/mol. The summed E-state index contributed by atoms with van der Waals surface area (Å²) >= 11 is 6.08. The summed E-state index contributed by atoms with van der Waals surface area (Å²) in [6.07, 6.45) is 5.49. The number of carbonyl (C=O) groups excluding carboxylic acids is 2. The molecule has 1 aliphatic heterocycles. The Hall–Kier alpha value is -2.93. The lowest BCUT2D eigenvalue weighted by atomic mass is 9.96. The van der Waals surface area contributed by atoms with Gasteiger partial charge in [0.1, 0.15) is 0 Å². The molecule has 2 atom stereocenters. The standard InChI is InChI=1S/C33H43ClN4O2/c1-3-25(26-10-6-4-7-11-26)24-37(2)33(40)31(16-21-38-19-8-5-9-20-38)35-17-18-36-32(39)29-13-12-28-23-30(34)15-14-27(28)22-29/h4,6-7,10-15,22-23,25,31,35H,3,5,8-9,16-21,24H2,1-2H3,(H,36,39)/t25-,31+/m1/s1. The van der Waals surface area contributed by atoms with Crippen LogP contribution in [0.3, 0.4) is 0 Å². The third-order valence-electron chi connectivity index (χ3n) is 7.98. The van der Waals surface area contributed by atoms with Gasteiger partial charge in [-0.2, -0.15) is 0 Å². The highest BCUT2D eigenvalue weighted by atomic mass is 35.5. The van der Waals surface area contributed by atoms with Gasteiger partial charge in [0.15, 0.2) is 0 Å². The number of fused-ring (bicyclic) bond motifs is 1. The monoisotopic (exact) mass is 562 g/mol. The first-order valence-corrected chi connectivity index (χ1v) is 15.1. The zero-order chi connectivity index (χ0) is 28.3. The van der Waals surface area contributed by atoms with Gasteiger partial charge >= 0.3 is 0 Å². The summed E-state index contributed by atoms with van der Waals surface area (Å²) < 4.78 is 0. The lowest BCUT2D eigenvalue weighted by Crippen LogP contribution is -2.49. The Bertz CT molecular complexity index is 1250. The molecule has 4 rings (SSSR count). The summed E-state index contributed by atoms with van der Waals surface area (Å²) in [5.41, 5.74) is 1.88. The number of benzene rings is 3. The number of hydrogen-bond donors (Lipinski definition) is 2. The highest BCUT2D eigenvalue weighted by molar-refractivity contribution is 6.31. The van der Waals surface area contributed by atoms with Crippen molar-refractivity contribution in [3.05, 3.63) is 82.9 Å². The van der Waals surface area contributed by atoms with Crippen molar-refractivity contribution in [1.82, 2.24) is 20.4 Å². The second-order valence-corrected chi connectivity index (χ2v) is 11.3. The van der Waals surface area contributed by atoms with Gasteiger partial charge in [-0.3, -0.25) is 9.59 Å². The highest BCUT2D eigenvalue weighted by Gasteiger charge is 2.25. The fourth-order valence-corrected chi connectivity index (χ4v) is 5.75. The van der Waals surface area contributed by atoms with E-state index in [0.717, 1.165) is 43.2 Å². The molecule has 0 aromatic heterocycles. The Labute approximate surface area is 244 Å². The van der Waals surface area contributed by atoms with Crippen molar-refractivity contribution in [3.8, 4) is 0 Å². The van der Waals surface area contributed by atoms with E-state index in [1.807, 2.05) is 54.4 Å². The van der Waals surface area contributed by atoms with Gasteiger partial charge in [0, 0.05) is 49.7 Å². The first-order chi connectivity index (χ1) is 19.4. The highest BCUT2D eigenvalue weighted by Crippen LogP contribution is 2.22. The number of hydrogen-bond acceptors (Lipinski definition) is 4. The van der Waals surface area contributed by atoms with E-state index in [-0.39, 0.29) is 17.9 Å². The number of halogens is 1. The lowest BCUT2D eigenvalue weighted by molar-refractivity contribution is -0.132. The minimum Gasteiger partial charge on any atom is -0.351 e. The van der Waals surface area contributed by atoms with Crippen LogP contribution in [-0.4, -0.2) is 74.0 Å². The van der Waals surface area contributed by atoms with Gasteiger partial charge < -0.3 is 20.4 Å². The molecule has 3 aromatic rings. The fourth-order valence-electron chi connectivity index (χ4n) is 5.57. The van der Waals surface area contributed by atoms with Crippen molar-refractivity contribution < 1.29 is 9.59 Å². The van der Waals surface area contributed by atoms with Crippen molar-refractivity contribution in [1.29, 1.82) is 0 Å². The molecule has 2 N–H and O–H groups in total. The van der Waals surface area contributed by atoms with Crippen molar-refractivity contribution >= 4 is 34.2 Å². The molecule has 0 spiro atoms. The minimum atomic E-state index is -0.289. The zero-order valence-corrected chi connectivity index (χ0v) is 24.6. The number of piperidine rings is 1. The summed E-state index contributed by atoms with van der Waals surface area (Å²) in [5, 5.41) is 9.12. The smallest absolute Gasteiger partial charge is 0.251 e. The van der Waals surface area contributed by atoms with Crippen LogP contribution in [0.1, 0.15) is 60.9 Å². The van der Waals surface area contributed by atoms with Crippen molar-refractivity contribution in [3.63, 3.8) is 0 Å². The number of carbonyl (C=O) groups is 2. The average Bonchev–Trinajstić information content (AvgIpc) is 2.99. The van der Waals surface area contributed by atoms with E-state index in [2.05, 4.69) is 46.7 Å². The SMILES string of the molecule is CC[C@H](CN(C)C(=O)[C@H](CCN1CCCCC1)NCCNC(=O)c1ccc2cc(Cl)ccc2c1)c1ccccc1. The molecule has 0 unspecified atom stereocenters. The van der Waals surface area contributed by atoms with Crippen LogP contribution in [0.15, 0.2) is 66.7 Å². The molecule has 3 aromatic carbocycles. The topological polar surface area (TPSA) is 64.7 Å². The van der Waals surface area contributed by atoms with E-state index < -0.39 is 0 Å². The maximum Gasteiger partial charge on any atom is 0.251 e. The normalized spacial score (nSPS) is 15.5. The third kappa shape index (κ3) is 8.53. The predicted octanol–water partition coefficient (Wildman–Crippen LogP) is 5.71. The summed E-state index contributed by atoms with van der Waals surface area (Å²) in [5.74, 6) is 0.293. The van der Waals surface area contributed by atoms with Crippen molar-refractivity contribution in [2.45, 2.75) is 51.0 Å². The van der Waals surface area contributed by atoms with Gasteiger partial charge in [0.25, 0.3) is 5.91 Å². The largest absolute Gasteiger partial charge is 0.351 e. The Morgan fingerprint density at radius 1 is 0.950 bits per heavy atom. The second kappa shape index (κ2) is 15.2. The molecule has 0 bridgehead atoms. The number of amides is 2. The molecule has 6 nitrogen and oxygen atoms in total. The fraction of sp³-hybridized carbons (Fsp3) is 0.455. The number of nitrogens with one attached hydrogen (secondary N) is 2. The van der Waals surface area contributed by atoms with Gasteiger partial charge in [-0.1, -0.05) is 67.4 Å². The number of likely N-dealkylation sites (N-methyl/N-ethyl adjacent to an activating group) is 1. The Balaban J connectivity index is 1.33. The second-order valence-electron chi connectivity index (χ2n) is 10.9. The van der Waals surface area contributed by atoms with Crippen LogP contribution >= 0.6 is 11.6 Å². The van der Waals surface area contributed by atoms with Crippen LogP contribution < -0.4 is 10.6 Å². The van der Waals surface area contributed by atoms with Gasteiger partial charge in [-0.15, -0.1) is 0 Å². The summed E-state index contributed by atoms with van der Waals surface area (Å²) in [6.45, 7) is 6.94. The molecule has 1 aliphatic rings. The van der Waals surface area contributed by atoms with E-state index in [4.69, 9.17) is 11.6 Å². The lowest BCUT2D eigenvalue weighted by Gasteiger charge is -2.31. The van der Waals surface area contributed by atoms with Crippen LogP contribution in [0.25, 0.3) is 10.8 Å². The quantitative estimate of drug-likeness (QED) is 0.262. The van der Waals surface area contributed by atoms with E-state index in [1.165, 1.54) is 24.8 Å². The molecular formula is C33H43ClN4O2. The Morgan fingerprint density at radius 2 is 1.68 bits per heavy atom. The average molecular weight is 563 g/mol. The maximum absolute atomic E-state index is 13.6.